The molecule has 0 spiro atoms. The first-order valence-electron chi connectivity index (χ1n) is 7.38. The van der Waals surface area contributed by atoms with E-state index < -0.39 is 0 Å². The Morgan fingerprint density at radius 3 is 2.55 bits per heavy atom. The fourth-order valence-electron chi connectivity index (χ4n) is 2.97. The van der Waals surface area contributed by atoms with Gasteiger partial charge in [-0.25, -0.2) is 9.97 Å². The van der Waals surface area contributed by atoms with Crippen molar-refractivity contribution in [2.24, 2.45) is 5.92 Å². The summed E-state index contributed by atoms with van der Waals surface area (Å²) in [5, 5.41) is 3.16. The molecule has 2 atom stereocenters. The highest BCUT2D eigenvalue weighted by Gasteiger charge is 2.25. The van der Waals surface area contributed by atoms with Crippen LogP contribution in [0, 0.1) is 5.92 Å². The van der Waals surface area contributed by atoms with Crippen LogP contribution in [0.1, 0.15) is 37.9 Å². The molecule has 104 valence electrons. The molecule has 1 saturated carbocycles. The zero-order valence-electron chi connectivity index (χ0n) is 12.1. The number of rotatable bonds is 3. The molecule has 2 unspecified atom stereocenters. The van der Waals surface area contributed by atoms with E-state index in [4.69, 9.17) is 4.98 Å². The average Bonchev–Trinajstić information content (AvgIpc) is 2.94. The second-order valence-corrected chi connectivity index (χ2v) is 5.73. The van der Waals surface area contributed by atoms with Gasteiger partial charge >= 0.3 is 0 Å². The van der Waals surface area contributed by atoms with Crippen molar-refractivity contribution >= 4 is 5.82 Å². The molecular formula is C17H21N3. The van der Waals surface area contributed by atoms with Crippen LogP contribution < -0.4 is 5.32 Å². The molecule has 0 radical (unpaired) electrons. The number of benzene rings is 1. The topological polar surface area (TPSA) is 37.8 Å². The first-order valence-corrected chi connectivity index (χ1v) is 7.38. The van der Waals surface area contributed by atoms with Crippen LogP contribution in [0.3, 0.4) is 0 Å². The summed E-state index contributed by atoms with van der Waals surface area (Å²) >= 11 is 0. The van der Waals surface area contributed by atoms with Gasteiger partial charge in [0.25, 0.3) is 0 Å². The Bertz CT molecular complexity index is 580. The van der Waals surface area contributed by atoms with Crippen LogP contribution >= 0.6 is 0 Å². The van der Waals surface area contributed by atoms with Crippen LogP contribution in [-0.2, 0) is 0 Å². The van der Waals surface area contributed by atoms with Crippen molar-refractivity contribution in [3.63, 3.8) is 0 Å². The van der Waals surface area contributed by atoms with Gasteiger partial charge in [-0.2, -0.15) is 0 Å². The molecule has 1 fully saturated rings. The molecule has 1 aliphatic rings. The second kappa shape index (κ2) is 5.61. The molecule has 0 bridgehead atoms. The summed E-state index contributed by atoms with van der Waals surface area (Å²) in [7, 11) is 1.91. The maximum atomic E-state index is 4.82. The summed E-state index contributed by atoms with van der Waals surface area (Å²) in [6.07, 6.45) is 3.71. The first kappa shape index (κ1) is 13.1. The quantitative estimate of drug-likeness (QED) is 0.910. The van der Waals surface area contributed by atoms with Gasteiger partial charge in [0.2, 0.25) is 0 Å². The van der Waals surface area contributed by atoms with E-state index in [1.807, 2.05) is 31.3 Å². The van der Waals surface area contributed by atoms with E-state index >= 15 is 0 Å². The molecule has 3 heteroatoms. The van der Waals surface area contributed by atoms with Crippen molar-refractivity contribution in [1.29, 1.82) is 0 Å². The van der Waals surface area contributed by atoms with Gasteiger partial charge < -0.3 is 5.32 Å². The molecule has 2 aromatic rings. The fourth-order valence-corrected chi connectivity index (χ4v) is 2.97. The lowest BCUT2D eigenvalue weighted by Crippen LogP contribution is -2.05. The minimum Gasteiger partial charge on any atom is -0.373 e. The van der Waals surface area contributed by atoms with Gasteiger partial charge in [-0.15, -0.1) is 0 Å². The molecule has 3 rings (SSSR count). The van der Waals surface area contributed by atoms with Gasteiger partial charge in [0.15, 0.2) is 0 Å². The third-order valence-electron chi connectivity index (χ3n) is 4.13. The van der Waals surface area contributed by atoms with E-state index in [0.29, 0.717) is 5.92 Å². The van der Waals surface area contributed by atoms with E-state index in [9.17, 15) is 0 Å². The number of aromatic nitrogens is 2. The Labute approximate surface area is 120 Å². The number of hydrogen-bond donors (Lipinski definition) is 1. The summed E-state index contributed by atoms with van der Waals surface area (Å²) in [4.78, 5) is 9.49. The van der Waals surface area contributed by atoms with Crippen molar-refractivity contribution in [3.05, 3.63) is 42.2 Å². The van der Waals surface area contributed by atoms with Gasteiger partial charge in [0, 0.05) is 24.6 Å². The number of nitrogens with zero attached hydrogens (tertiary/aromatic N) is 2. The van der Waals surface area contributed by atoms with Crippen molar-refractivity contribution in [2.45, 2.75) is 32.1 Å². The van der Waals surface area contributed by atoms with Crippen LogP contribution in [0.15, 0.2) is 36.4 Å². The Morgan fingerprint density at radius 2 is 1.90 bits per heavy atom. The number of anilines is 1. The molecule has 1 aromatic heterocycles. The molecule has 0 saturated heterocycles. The Hall–Kier alpha value is -1.90. The standard InChI is InChI=1S/C17H21N3/c1-12-8-9-14(10-12)17-19-15(11-16(18-2)20-17)13-6-4-3-5-7-13/h3-7,11-12,14H,8-10H2,1-2H3,(H,18,19,20). The highest BCUT2D eigenvalue weighted by Crippen LogP contribution is 2.37. The zero-order chi connectivity index (χ0) is 13.9. The fraction of sp³-hybridized carbons (Fsp3) is 0.412. The summed E-state index contributed by atoms with van der Waals surface area (Å²) in [6, 6.07) is 12.4. The number of nitrogens with one attached hydrogen (secondary N) is 1. The van der Waals surface area contributed by atoms with Crippen LogP contribution in [0.25, 0.3) is 11.3 Å². The minimum absolute atomic E-state index is 0.515. The predicted molar refractivity (Wildman–Crippen MR) is 82.8 cm³/mol. The third kappa shape index (κ3) is 2.67. The number of hydrogen-bond acceptors (Lipinski definition) is 3. The van der Waals surface area contributed by atoms with Gasteiger partial charge in [0.05, 0.1) is 5.69 Å². The van der Waals surface area contributed by atoms with Gasteiger partial charge in [-0.05, 0) is 25.2 Å². The predicted octanol–water partition coefficient (Wildman–Crippen LogP) is 4.09. The lowest BCUT2D eigenvalue weighted by Gasteiger charge is -2.12. The van der Waals surface area contributed by atoms with Crippen LogP contribution in [0.5, 0.6) is 0 Å². The van der Waals surface area contributed by atoms with E-state index in [1.165, 1.54) is 19.3 Å². The van der Waals surface area contributed by atoms with Gasteiger partial charge in [-0.1, -0.05) is 37.3 Å². The van der Waals surface area contributed by atoms with Crippen molar-refractivity contribution < 1.29 is 0 Å². The Kier molecular flexibility index (Phi) is 3.68. The molecule has 1 aromatic carbocycles. The molecule has 0 amide bonds. The molecule has 1 aliphatic carbocycles. The Morgan fingerprint density at radius 1 is 1.10 bits per heavy atom. The summed E-state index contributed by atoms with van der Waals surface area (Å²) in [5.41, 5.74) is 2.16. The Balaban J connectivity index is 1.99. The highest BCUT2D eigenvalue weighted by atomic mass is 15.0. The maximum absolute atomic E-state index is 4.82. The van der Waals surface area contributed by atoms with E-state index in [0.717, 1.165) is 28.8 Å². The van der Waals surface area contributed by atoms with Crippen LogP contribution in [0.4, 0.5) is 5.82 Å². The summed E-state index contributed by atoms with van der Waals surface area (Å²) < 4.78 is 0. The maximum Gasteiger partial charge on any atom is 0.134 e. The lowest BCUT2D eigenvalue weighted by atomic mass is 10.0. The average molecular weight is 267 g/mol. The molecule has 3 nitrogen and oxygen atoms in total. The van der Waals surface area contributed by atoms with Crippen LogP contribution in [0.2, 0.25) is 0 Å². The second-order valence-electron chi connectivity index (χ2n) is 5.73. The third-order valence-corrected chi connectivity index (χ3v) is 4.13. The van der Waals surface area contributed by atoms with Crippen LogP contribution in [-0.4, -0.2) is 17.0 Å². The molecule has 1 heterocycles. The van der Waals surface area contributed by atoms with Gasteiger partial charge in [0.1, 0.15) is 11.6 Å². The highest BCUT2D eigenvalue weighted by molar-refractivity contribution is 5.62. The lowest BCUT2D eigenvalue weighted by molar-refractivity contribution is 0.586. The zero-order valence-corrected chi connectivity index (χ0v) is 12.1. The smallest absolute Gasteiger partial charge is 0.134 e. The van der Waals surface area contributed by atoms with Crippen molar-refractivity contribution in [2.75, 3.05) is 12.4 Å². The van der Waals surface area contributed by atoms with Crippen molar-refractivity contribution in [1.82, 2.24) is 9.97 Å². The SMILES string of the molecule is CNc1cc(-c2ccccc2)nc(C2CCC(C)C2)n1. The molecule has 0 aliphatic heterocycles. The van der Waals surface area contributed by atoms with Gasteiger partial charge in [-0.3, -0.25) is 0 Å². The minimum atomic E-state index is 0.515. The monoisotopic (exact) mass is 267 g/mol. The molecule has 1 N–H and O–H groups in total. The van der Waals surface area contributed by atoms with E-state index in [1.54, 1.807) is 0 Å². The normalized spacial score (nSPS) is 21.9. The first-order chi connectivity index (χ1) is 9.76. The summed E-state index contributed by atoms with van der Waals surface area (Å²) in [5.74, 6) is 3.22. The van der Waals surface area contributed by atoms with Crippen molar-refractivity contribution in [3.8, 4) is 11.3 Å². The molecule has 20 heavy (non-hydrogen) atoms. The largest absolute Gasteiger partial charge is 0.373 e. The van der Waals surface area contributed by atoms with E-state index in [2.05, 4.69) is 29.4 Å². The van der Waals surface area contributed by atoms with E-state index in [-0.39, 0.29) is 0 Å². The summed E-state index contributed by atoms with van der Waals surface area (Å²) in [6.45, 7) is 2.32. The molecular weight excluding hydrogens is 246 g/mol.